The molecule has 0 aliphatic carbocycles. The van der Waals surface area contributed by atoms with Crippen molar-refractivity contribution in [2.24, 2.45) is 4.99 Å². The Bertz CT molecular complexity index is 192. The fourth-order valence-corrected chi connectivity index (χ4v) is 2.00. The van der Waals surface area contributed by atoms with Crippen LogP contribution in [0.5, 0.6) is 0 Å². The number of aliphatic imine (C=N–C) groups is 1. The van der Waals surface area contributed by atoms with Gasteiger partial charge in [0, 0.05) is 39.1 Å². The maximum Gasteiger partial charge on any atom is 0.0989 e. The van der Waals surface area contributed by atoms with Crippen LogP contribution >= 0.6 is 0 Å². The smallest absolute Gasteiger partial charge is 0.0989 e. The van der Waals surface area contributed by atoms with E-state index in [9.17, 15) is 0 Å². The van der Waals surface area contributed by atoms with Gasteiger partial charge in [-0.25, -0.2) is 0 Å². The Morgan fingerprint density at radius 2 is 1.85 bits per heavy atom. The molecule has 0 unspecified atom stereocenters. The first-order valence-corrected chi connectivity index (χ1v) is 5.33. The van der Waals surface area contributed by atoms with Crippen molar-refractivity contribution >= 4 is 5.84 Å². The summed E-state index contributed by atoms with van der Waals surface area (Å²) in [5.41, 5.74) is 0. The number of rotatable bonds is 0. The summed E-state index contributed by atoms with van der Waals surface area (Å²) in [5, 5.41) is 0. The van der Waals surface area contributed by atoms with Crippen LogP contribution in [0.2, 0.25) is 0 Å². The van der Waals surface area contributed by atoms with Gasteiger partial charge in [0.25, 0.3) is 0 Å². The Balaban J connectivity index is 1.89. The predicted molar refractivity (Wildman–Crippen MR) is 55.2 cm³/mol. The summed E-state index contributed by atoms with van der Waals surface area (Å²) >= 11 is 0. The summed E-state index contributed by atoms with van der Waals surface area (Å²) in [7, 11) is 2.19. The van der Waals surface area contributed by atoms with Crippen LogP contribution in [0.3, 0.4) is 0 Å². The van der Waals surface area contributed by atoms with Crippen molar-refractivity contribution in [3.63, 3.8) is 0 Å². The first kappa shape index (κ1) is 9.00. The zero-order valence-corrected chi connectivity index (χ0v) is 8.50. The Morgan fingerprint density at radius 3 is 2.46 bits per heavy atom. The molecule has 0 N–H and O–H groups in total. The standard InChI is InChI=1S/C10H19N3/c1-12-6-8-13(9-7-12)10-4-2-3-5-11-10/h2-9H2,1H3. The van der Waals surface area contributed by atoms with Crippen molar-refractivity contribution in [3.8, 4) is 0 Å². The van der Waals surface area contributed by atoms with E-state index in [1.54, 1.807) is 0 Å². The summed E-state index contributed by atoms with van der Waals surface area (Å²) in [6.45, 7) is 5.80. The molecule has 74 valence electrons. The fourth-order valence-electron chi connectivity index (χ4n) is 2.00. The molecule has 13 heavy (non-hydrogen) atoms. The normalized spacial score (nSPS) is 25.9. The number of hydrogen-bond acceptors (Lipinski definition) is 3. The lowest BCUT2D eigenvalue weighted by atomic mass is 10.1. The van der Waals surface area contributed by atoms with Crippen molar-refractivity contribution in [2.75, 3.05) is 39.8 Å². The highest BCUT2D eigenvalue weighted by Gasteiger charge is 2.18. The highest BCUT2D eigenvalue weighted by molar-refractivity contribution is 5.82. The Hall–Kier alpha value is -0.570. The van der Waals surface area contributed by atoms with Crippen LogP contribution in [0.1, 0.15) is 19.3 Å². The lowest BCUT2D eigenvalue weighted by Gasteiger charge is -2.35. The van der Waals surface area contributed by atoms with Gasteiger partial charge in [0.05, 0.1) is 5.84 Å². The van der Waals surface area contributed by atoms with Crippen LogP contribution < -0.4 is 0 Å². The second kappa shape index (κ2) is 4.09. The summed E-state index contributed by atoms with van der Waals surface area (Å²) in [5.74, 6) is 1.37. The Kier molecular flexibility index (Phi) is 2.83. The number of hydrogen-bond donors (Lipinski definition) is 0. The van der Waals surface area contributed by atoms with Gasteiger partial charge < -0.3 is 9.80 Å². The van der Waals surface area contributed by atoms with E-state index in [4.69, 9.17) is 0 Å². The van der Waals surface area contributed by atoms with Crippen LogP contribution in [-0.4, -0.2) is 55.4 Å². The topological polar surface area (TPSA) is 18.8 Å². The number of amidine groups is 1. The minimum absolute atomic E-state index is 1.06. The van der Waals surface area contributed by atoms with Crippen LogP contribution in [0.15, 0.2) is 4.99 Å². The van der Waals surface area contributed by atoms with Gasteiger partial charge in [-0.2, -0.15) is 0 Å². The van der Waals surface area contributed by atoms with E-state index in [1.807, 2.05) is 0 Å². The third-order valence-corrected chi connectivity index (χ3v) is 2.97. The van der Waals surface area contributed by atoms with E-state index in [-0.39, 0.29) is 0 Å². The van der Waals surface area contributed by atoms with E-state index in [0.29, 0.717) is 0 Å². The molecule has 2 aliphatic heterocycles. The molecule has 0 atom stereocenters. The molecule has 1 saturated heterocycles. The SMILES string of the molecule is CN1CCN(C2=NCCCC2)CC1. The monoisotopic (exact) mass is 181 g/mol. The lowest BCUT2D eigenvalue weighted by Crippen LogP contribution is -2.47. The Morgan fingerprint density at radius 1 is 1.08 bits per heavy atom. The second-order valence-electron chi connectivity index (χ2n) is 4.05. The molecule has 3 nitrogen and oxygen atoms in total. The van der Waals surface area contributed by atoms with Crippen LogP contribution in [-0.2, 0) is 0 Å². The molecule has 2 heterocycles. The molecule has 2 rings (SSSR count). The van der Waals surface area contributed by atoms with Gasteiger partial charge in [0.15, 0.2) is 0 Å². The van der Waals surface area contributed by atoms with Crippen LogP contribution in [0, 0.1) is 0 Å². The lowest BCUT2D eigenvalue weighted by molar-refractivity contribution is 0.212. The van der Waals surface area contributed by atoms with E-state index in [0.717, 1.165) is 6.54 Å². The van der Waals surface area contributed by atoms with Gasteiger partial charge in [-0.1, -0.05) is 0 Å². The third-order valence-electron chi connectivity index (χ3n) is 2.97. The molecule has 0 aromatic carbocycles. The molecular formula is C10H19N3. The summed E-state index contributed by atoms with van der Waals surface area (Å²) in [4.78, 5) is 9.46. The zero-order valence-electron chi connectivity index (χ0n) is 8.50. The zero-order chi connectivity index (χ0) is 9.10. The maximum atomic E-state index is 4.60. The number of nitrogens with zero attached hydrogens (tertiary/aromatic N) is 3. The van der Waals surface area contributed by atoms with E-state index >= 15 is 0 Å². The first-order chi connectivity index (χ1) is 6.36. The van der Waals surface area contributed by atoms with Gasteiger partial charge in [-0.3, -0.25) is 4.99 Å². The Labute approximate surface area is 80.4 Å². The summed E-state index contributed by atoms with van der Waals surface area (Å²) < 4.78 is 0. The van der Waals surface area contributed by atoms with E-state index in [2.05, 4.69) is 21.8 Å². The molecule has 0 aromatic heterocycles. The molecule has 0 bridgehead atoms. The maximum absolute atomic E-state index is 4.60. The highest BCUT2D eigenvalue weighted by atomic mass is 15.3. The number of piperazine rings is 1. The van der Waals surface area contributed by atoms with Gasteiger partial charge in [-0.15, -0.1) is 0 Å². The van der Waals surface area contributed by atoms with Gasteiger partial charge in [0.1, 0.15) is 0 Å². The quantitative estimate of drug-likeness (QED) is 0.551. The van der Waals surface area contributed by atoms with Crippen molar-refractivity contribution in [2.45, 2.75) is 19.3 Å². The molecule has 0 aromatic rings. The molecule has 2 aliphatic rings. The molecular weight excluding hydrogens is 162 g/mol. The highest BCUT2D eigenvalue weighted by Crippen LogP contribution is 2.11. The molecule has 1 fully saturated rings. The van der Waals surface area contributed by atoms with Gasteiger partial charge in [-0.05, 0) is 19.9 Å². The van der Waals surface area contributed by atoms with E-state index < -0.39 is 0 Å². The average molecular weight is 181 g/mol. The summed E-state index contributed by atoms with van der Waals surface area (Å²) in [6.07, 6.45) is 3.84. The third kappa shape index (κ3) is 2.21. The predicted octanol–water partition coefficient (Wildman–Crippen LogP) is 0.816. The first-order valence-electron chi connectivity index (χ1n) is 5.33. The average Bonchev–Trinajstić information content (AvgIpc) is 2.20. The van der Waals surface area contributed by atoms with Gasteiger partial charge in [0.2, 0.25) is 0 Å². The van der Waals surface area contributed by atoms with Crippen LogP contribution in [0.25, 0.3) is 0 Å². The molecule has 0 spiro atoms. The molecule has 3 heteroatoms. The molecule has 0 saturated carbocycles. The van der Waals surface area contributed by atoms with Crippen molar-refractivity contribution in [1.29, 1.82) is 0 Å². The largest absolute Gasteiger partial charge is 0.358 e. The van der Waals surface area contributed by atoms with Crippen molar-refractivity contribution in [3.05, 3.63) is 0 Å². The van der Waals surface area contributed by atoms with Gasteiger partial charge >= 0.3 is 0 Å². The van der Waals surface area contributed by atoms with E-state index in [1.165, 1.54) is 51.3 Å². The molecule has 0 radical (unpaired) electrons. The minimum atomic E-state index is 1.06. The minimum Gasteiger partial charge on any atom is -0.358 e. The fraction of sp³-hybridized carbons (Fsp3) is 0.900. The summed E-state index contributed by atoms with van der Waals surface area (Å²) in [6, 6.07) is 0. The second-order valence-corrected chi connectivity index (χ2v) is 4.05. The number of likely N-dealkylation sites (N-methyl/N-ethyl adjacent to an activating group) is 1. The van der Waals surface area contributed by atoms with Crippen molar-refractivity contribution in [1.82, 2.24) is 9.80 Å². The van der Waals surface area contributed by atoms with Crippen LogP contribution in [0.4, 0.5) is 0 Å². The van der Waals surface area contributed by atoms with Crippen molar-refractivity contribution < 1.29 is 0 Å². The molecule has 0 amide bonds.